The van der Waals surface area contributed by atoms with E-state index in [1.807, 2.05) is 47.0 Å². The summed E-state index contributed by atoms with van der Waals surface area (Å²) in [6, 6.07) is 13.1. The molecule has 32 heavy (non-hydrogen) atoms. The molecule has 7 rings (SSSR count). The van der Waals surface area contributed by atoms with Gasteiger partial charge in [0.2, 0.25) is 0 Å². The average Bonchev–Trinajstić information content (AvgIpc) is 3.00. The molecule has 4 aliphatic rings. The van der Waals surface area contributed by atoms with Gasteiger partial charge in [0.15, 0.2) is 11.4 Å². The molecule has 166 valence electrons. The number of aromatic nitrogens is 1. The summed E-state index contributed by atoms with van der Waals surface area (Å²) in [5, 5.41) is 12.3. The number of nitrogens with zero attached hydrogens (tertiary/aromatic N) is 1. The molecule has 4 fully saturated rings. The predicted octanol–water partition coefficient (Wildman–Crippen LogP) is 7.04. The van der Waals surface area contributed by atoms with E-state index in [1.165, 1.54) is 19.3 Å². The maximum absolute atomic E-state index is 12.6. The number of halogens is 2. The molecule has 0 amide bonds. The van der Waals surface area contributed by atoms with Gasteiger partial charge in [-0.05, 0) is 92.2 Å². The quantitative estimate of drug-likeness (QED) is 0.435. The summed E-state index contributed by atoms with van der Waals surface area (Å²) in [6.07, 6.45) is 7.00. The van der Waals surface area contributed by atoms with Gasteiger partial charge in [-0.25, -0.2) is 4.79 Å². The molecule has 0 spiro atoms. The lowest BCUT2D eigenvalue weighted by molar-refractivity contribution is -0.107. The molecule has 0 radical (unpaired) electrons. The van der Waals surface area contributed by atoms with Gasteiger partial charge in [0.25, 0.3) is 0 Å². The van der Waals surface area contributed by atoms with E-state index in [0.717, 1.165) is 35.7 Å². The fourth-order valence-corrected chi connectivity index (χ4v) is 7.22. The van der Waals surface area contributed by atoms with Crippen LogP contribution in [-0.4, -0.2) is 21.2 Å². The third-order valence-corrected chi connectivity index (χ3v) is 8.22. The van der Waals surface area contributed by atoms with Crippen LogP contribution in [0.1, 0.15) is 54.6 Å². The SMILES string of the molecule is O=C(O)c1c(OC23CC4CC(CC(C4)C2)C3)c2cc(Cl)ccc2n1Cc1ccc(Cl)cc1. The van der Waals surface area contributed by atoms with Gasteiger partial charge in [-0.15, -0.1) is 0 Å². The van der Waals surface area contributed by atoms with Crippen LogP contribution in [-0.2, 0) is 6.54 Å². The zero-order valence-electron chi connectivity index (χ0n) is 17.7. The molecule has 1 N–H and O–H groups in total. The predicted molar refractivity (Wildman–Crippen MR) is 126 cm³/mol. The number of carbonyl (C=O) groups is 1. The summed E-state index contributed by atoms with van der Waals surface area (Å²) in [5.74, 6) is 1.62. The Morgan fingerprint density at radius 3 is 2.16 bits per heavy atom. The van der Waals surface area contributed by atoms with Crippen molar-refractivity contribution in [2.45, 2.75) is 50.7 Å². The second-order valence-corrected chi connectivity index (χ2v) is 10.9. The van der Waals surface area contributed by atoms with E-state index in [4.69, 9.17) is 27.9 Å². The largest absolute Gasteiger partial charge is 0.484 e. The van der Waals surface area contributed by atoms with Gasteiger partial charge in [0.1, 0.15) is 5.60 Å². The molecule has 3 aromatic rings. The van der Waals surface area contributed by atoms with Crippen molar-refractivity contribution < 1.29 is 14.6 Å². The van der Waals surface area contributed by atoms with Gasteiger partial charge in [-0.2, -0.15) is 0 Å². The fraction of sp³-hybridized carbons (Fsp3) is 0.423. The molecule has 4 bridgehead atoms. The maximum atomic E-state index is 12.6. The Balaban J connectivity index is 1.48. The van der Waals surface area contributed by atoms with Crippen LogP contribution in [0.25, 0.3) is 10.9 Å². The highest BCUT2D eigenvalue weighted by Crippen LogP contribution is 2.57. The summed E-state index contributed by atoms with van der Waals surface area (Å²) in [6.45, 7) is 0.418. The van der Waals surface area contributed by atoms with Crippen LogP contribution < -0.4 is 4.74 Å². The van der Waals surface area contributed by atoms with E-state index in [0.29, 0.717) is 40.1 Å². The summed E-state index contributed by atoms with van der Waals surface area (Å²) >= 11 is 12.4. The zero-order chi connectivity index (χ0) is 22.0. The van der Waals surface area contributed by atoms with Crippen LogP contribution in [0.2, 0.25) is 10.0 Å². The van der Waals surface area contributed by atoms with E-state index in [9.17, 15) is 9.90 Å². The number of fused-ring (bicyclic) bond motifs is 1. The molecule has 1 heterocycles. The first-order valence-corrected chi connectivity index (χ1v) is 12.1. The Morgan fingerprint density at radius 1 is 0.969 bits per heavy atom. The molecule has 4 aliphatic carbocycles. The second kappa shape index (κ2) is 7.43. The average molecular weight is 470 g/mol. The van der Waals surface area contributed by atoms with Crippen molar-refractivity contribution in [1.82, 2.24) is 4.57 Å². The van der Waals surface area contributed by atoms with Gasteiger partial charge in [0, 0.05) is 22.0 Å². The summed E-state index contributed by atoms with van der Waals surface area (Å²) in [7, 11) is 0. The topological polar surface area (TPSA) is 51.5 Å². The Bertz CT molecular complexity index is 1180. The number of carboxylic acid groups (broad SMARTS) is 1. The molecule has 0 unspecified atom stereocenters. The minimum Gasteiger partial charge on any atom is -0.484 e. The van der Waals surface area contributed by atoms with E-state index >= 15 is 0 Å². The van der Waals surface area contributed by atoms with Crippen molar-refractivity contribution >= 4 is 40.1 Å². The third kappa shape index (κ3) is 3.39. The Morgan fingerprint density at radius 2 is 1.56 bits per heavy atom. The number of aromatic carboxylic acids is 1. The third-order valence-electron chi connectivity index (χ3n) is 7.74. The molecule has 0 saturated heterocycles. The lowest BCUT2D eigenvalue weighted by atomic mass is 9.54. The lowest BCUT2D eigenvalue weighted by Gasteiger charge is -2.56. The number of hydrogen-bond donors (Lipinski definition) is 1. The molecule has 1 aromatic heterocycles. The minimum absolute atomic E-state index is 0.202. The molecule has 6 heteroatoms. The van der Waals surface area contributed by atoms with Gasteiger partial charge in [0.05, 0.1) is 5.52 Å². The first-order chi connectivity index (χ1) is 15.4. The van der Waals surface area contributed by atoms with Crippen LogP contribution in [0, 0.1) is 17.8 Å². The van der Waals surface area contributed by atoms with E-state index in [1.54, 1.807) is 0 Å². The minimum atomic E-state index is -0.981. The fourth-order valence-electron chi connectivity index (χ4n) is 6.92. The van der Waals surface area contributed by atoms with Crippen LogP contribution >= 0.6 is 23.2 Å². The number of benzene rings is 2. The van der Waals surface area contributed by atoms with Crippen LogP contribution in [0.4, 0.5) is 0 Å². The Kier molecular flexibility index (Phi) is 4.74. The van der Waals surface area contributed by atoms with Crippen LogP contribution in [0.3, 0.4) is 0 Å². The number of ether oxygens (including phenoxy) is 1. The molecule has 4 nitrogen and oxygen atoms in total. The highest BCUT2D eigenvalue weighted by molar-refractivity contribution is 6.31. The van der Waals surface area contributed by atoms with Crippen molar-refractivity contribution in [1.29, 1.82) is 0 Å². The normalized spacial score (nSPS) is 28.4. The van der Waals surface area contributed by atoms with Gasteiger partial charge < -0.3 is 14.4 Å². The maximum Gasteiger partial charge on any atom is 0.356 e. The van der Waals surface area contributed by atoms with Crippen molar-refractivity contribution in [2.24, 2.45) is 17.8 Å². The van der Waals surface area contributed by atoms with Crippen LogP contribution in [0.5, 0.6) is 5.75 Å². The van der Waals surface area contributed by atoms with E-state index in [-0.39, 0.29) is 11.3 Å². The summed E-state index contributed by atoms with van der Waals surface area (Å²) in [4.78, 5) is 12.6. The number of rotatable bonds is 5. The van der Waals surface area contributed by atoms with Gasteiger partial charge in [-0.3, -0.25) is 0 Å². The van der Waals surface area contributed by atoms with Crippen molar-refractivity contribution in [3.63, 3.8) is 0 Å². The Hall–Kier alpha value is -2.17. The molecule has 2 aromatic carbocycles. The van der Waals surface area contributed by atoms with Crippen molar-refractivity contribution in [3.05, 3.63) is 63.8 Å². The number of hydrogen-bond acceptors (Lipinski definition) is 2. The molecular weight excluding hydrogens is 445 g/mol. The first kappa shape index (κ1) is 20.4. The number of carboxylic acids is 1. The Labute approximate surface area is 197 Å². The second-order valence-electron chi connectivity index (χ2n) is 10.1. The molecule has 0 aliphatic heterocycles. The first-order valence-electron chi connectivity index (χ1n) is 11.4. The van der Waals surface area contributed by atoms with Crippen molar-refractivity contribution in [2.75, 3.05) is 0 Å². The van der Waals surface area contributed by atoms with E-state index in [2.05, 4.69) is 0 Å². The molecular formula is C26H25Cl2NO3. The molecule has 4 saturated carbocycles. The zero-order valence-corrected chi connectivity index (χ0v) is 19.2. The lowest BCUT2D eigenvalue weighted by Crippen LogP contribution is -2.53. The van der Waals surface area contributed by atoms with Crippen LogP contribution in [0.15, 0.2) is 42.5 Å². The summed E-state index contributed by atoms with van der Waals surface area (Å²) < 4.78 is 8.67. The standard InChI is InChI=1S/C26H25Cl2NO3/c27-19-3-1-15(2-4-19)14-29-22-6-5-20(28)10-21(22)24(23(29)25(30)31)32-26-11-16-7-17(12-26)9-18(8-16)13-26/h1-6,10,16-18H,7-9,11-14H2,(H,30,31). The molecule has 0 atom stereocenters. The van der Waals surface area contributed by atoms with Gasteiger partial charge in [-0.1, -0.05) is 35.3 Å². The monoisotopic (exact) mass is 469 g/mol. The van der Waals surface area contributed by atoms with Crippen molar-refractivity contribution in [3.8, 4) is 5.75 Å². The highest BCUT2D eigenvalue weighted by atomic mass is 35.5. The smallest absolute Gasteiger partial charge is 0.356 e. The van der Waals surface area contributed by atoms with E-state index < -0.39 is 5.97 Å². The van der Waals surface area contributed by atoms with Gasteiger partial charge >= 0.3 is 5.97 Å². The highest BCUT2D eigenvalue weighted by Gasteiger charge is 2.53. The summed E-state index contributed by atoms with van der Waals surface area (Å²) in [5.41, 5.74) is 1.75.